The van der Waals surface area contributed by atoms with Crippen molar-refractivity contribution < 1.29 is 9.53 Å². The predicted molar refractivity (Wildman–Crippen MR) is 132 cm³/mol. The SMILES string of the molecule is CC(C)c1ccc(-n2cc(C(=O)NCC(C)(C)N3CCOCC3)c(-c3ccccc3)n2)cc1. The van der Waals surface area contributed by atoms with Gasteiger partial charge in [0.25, 0.3) is 5.91 Å². The number of nitrogens with zero attached hydrogens (tertiary/aromatic N) is 3. The molecule has 1 N–H and O–H groups in total. The van der Waals surface area contributed by atoms with Crippen molar-refractivity contribution in [3.8, 4) is 16.9 Å². The Hall–Kier alpha value is -2.96. The van der Waals surface area contributed by atoms with Crippen LogP contribution >= 0.6 is 0 Å². The van der Waals surface area contributed by atoms with Gasteiger partial charge in [-0.05, 0) is 37.5 Å². The highest BCUT2D eigenvalue weighted by atomic mass is 16.5. The summed E-state index contributed by atoms with van der Waals surface area (Å²) in [7, 11) is 0. The van der Waals surface area contributed by atoms with E-state index in [0.29, 0.717) is 23.7 Å². The topological polar surface area (TPSA) is 59.4 Å². The lowest BCUT2D eigenvalue weighted by Crippen LogP contribution is -2.55. The molecule has 0 bridgehead atoms. The number of hydrogen-bond acceptors (Lipinski definition) is 4. The molecule has 174 valence electrons. The summed E-state index contributed by atoms with van der Waals surface area (Å²) < 4.78 is 7.28. The van der Waals surface area contributed by atoms with E-state index in [1.807, 2.05) is 36.5 Å². The minimum absolute atomic E-state index is 0.111. The number of carbonyl (C=O) groups is 1. The van der Waals surface area contributed by atoms with Gasteiger partial charge < -0.3 is 10.1 Å². The lowest BCUT2D eigenvalue weighted by molar-refractivity contribution is -0.00923. The van der Waals surface area contributed by atoms with Crippen molar-refractivity contribution in [1.29, 1.82) is 0 Å². The van der Waals surface area contributed by atoms with Crippen LogP contribution in [0.25, 0.3) is 16.9 Å². The number of ether oxygens (including phenoxy) is 1. The molecule has 1 aliphatic heterocycles. The molecule has 0 saturated carbocycles. The molecule has 1 aromatic heterocycles. The molecular weight excluding hydrogens is 412 g/mol. The van der Waals surface area contributed by atoms with Crippen molar-refractivity contribution in [1.82, 2.24) is 20.0 Å². The van der Waals surface area contributed by atoms with Crippen LogP contribution in [0.5, 0.6) is 0 Å². The number of aromatic nitrogens is 2. The first kappa shape index (κ1) is 23.2. The Morgan fingerprint density at radius 2 is 1.73 bits per heavy atom. The summed E-state index contributed by atoms with van der Waals surface area (Å²) in [6.45, 7) is 12.5. The average molecular weight is 447 g/mol. The van der Waals surface area contributed by atoms with Crippen molar-refractivity contribution >= 4 is 5.91 Å². The number of rotatable bonds is 7. The first-order valence-electron chi connectivity index (χ1n) is 11.7. The lowest BCUT2D eigenvalue weighted by Gasteiger charge is -2.40. The van der Waals surface area contributed by atoms with Gasteiger partial charge in [0.05, 0.1) is 24.5 Å². The van der Waals surface area contributed by atoms with Crippen LogP contribution < -0.4 is 5.32 Å². The largest absolute Gasteiger partial charge is 0.379 e. The fourth-order valence-corrected chi connectivity index (χ4v) is 4.17. The van der Waals surface area contributed by atoms with E-state index < -0.39 is 0 Å². The minimum atomic E-state index is -0.158. The highest BCUT2D eigenvalue weighted by Crippen LogP contribution is 2.25. The molecule has 0 spiro atoms. The summed E-state index contributed by atoms with van der Waals surface area (Å²) in [5.74, 6) is 0.355. The van der Waals surface area contributed by atoms with Crippen LogP contribution in [0.3, 0.4) is 0 Å². The summed E-state index contributed by atoms with van der Waals surface area (Å²) in [4.78, 5) is 15.7. The second kappa shape index (κ2) is 9.89. The molecule has 1 aliphatic rings. The van der Waals surface area contributed by atoms with Gasteiger partial charge in [0, 0.05) is 36.9 Å². The smallest absolute Gasteiger partial charge is 0.255 e. The van der Waals surface area contributed by atoms with Gasteiger partial charge in [0.15, 0.2) is 0 Å². The molecule has 6 nitrogen and oxygen atoms in total. The van der Waals surface area contributed by atoms with E-state index in [0.717, 1.165) is 37.6 Å². The number of hydrogen-bond donors (Lipinski definition) is 1. The van der Waals surface area contributed by atoms with Crippen molar-refractivity contribution in [2.45, 2.75) is 39.2 Å². The Labute approximate surface area is 196 Å². The number of morpholine rings is 1. The van der Waals surface area contributed by atoms with E-state index in [-0.39, 0.29) is 11.4 Å². The average Bonchev–Trinajstić information content (AvgIpc) is 3.29. The highest BCUT2D eigenvalue weighted by molar-refractivity contribution is 6.00. The van der Waals surface area contributed by atoms with Gasteiger partial charge in [0.2, 0.25) is 0 Å². The van der Waals surface area contributed by atoms with Gasteiger partial charge in [-0.25, -0.2) is 4.68 Å². The zero-order chi connectivity index (χ0) is 23.4. The lowest BCUT2D eigenvalue weighted by atomic mass is 10.0. The van der Waals surface area contributed by atoms with Crippen LogP contribution in [0.4, 0.5) is 0 Å². The Balaban J connectivity index is 1.59. The highest BCUT2D eigenvalue weighted by Gasteiger charge is 2.29. The molecule has 2 heterocycles. The van der Waals surface area contributed by atoms with E-state index in [9.17, 15) is 4.79 Å². The molecule has 6 heteroatoms. The van der Waals surface area contributed by atoms with Gasteiger partial charge in [-0.15, -0.1) is 0 Å². The third-order valence-electron chi connectivity index (χ3n) is 6.38. The first-order valence-corrected chi connectivity index (χ1v) is 11.7. The van der Waals surface area contributed by atoms with Crippen LogP contribution in [0.15, 0.2) is 60.8 Å². The van der Waals surface area contributed by atoms with Gasteiger partial charge in [-0.3, -0.25) is 9.69 Å². The standard InChI is InChI=1S/C27H34N4O2/c1-20(2)21-10-12-23(13-11-21)31-18-24(25(29-31)22-8-6-5-7-9-22)26(32)28-19-27(3,4)30-14-16-33-17-15-30/h5-13,18,20H,14-17,19H2,1-4H3,(H,28,32). The van der Waals surface area contributed by atoms with E-state index in [1.165, 1.54) is 5.56 Å². The summed E-state index contributed by atoms with van der Waals surface area (Å²) in [5, 5.41) is 7.97. The third kappa shape index (κ3) is 5.34. The second-order valence-corrected chi connectivity index (χ2v) is 9.54. The summed E-state index contributed by atoms with van der Waals surface area (Å²) in [6, 6.07) is 18.2. The minimum Gasteiger partial charge on any atom is -0.379 e. The molecule has 3 aromatic rings. The fourth-order valence-electron chi connectivity index (χ4n) is 4.17. The molecule has 4 rings (SSSR count). The molecule has 1 saturated heterocycles. The molecule has 1 amide bonds. The van der Waals surface area contributed by atoms with E-state index in [1.54, 1.807) is 4.68 Å². The number of benzene rings is 2. The van der Waals surface area contributed by atoms with Crippen molar-refractivity contribution in [2.24, 2.45) is 0 Å². The van der Waals surface area contributed by atoms with Crippen LogP contribution in [-0.4, -0.2) is 59.0 Å². The Bertz CT molecular complexity index is 1070. The van der Waals surface area contributed by atoms with Crippen molar-refractivity contribution in [3.63, 3.8) is 0 Å². The maximum Gasteiger partial charge on any atom is 0.255 e. The first-order chi connectivity index (χ1) is 15.8. The fraction of sp³-hybridized carbons (Fsp3) is 0.407. The van der Waals surface area contributed by atoms with Crippen LogP contribution in [-0.2, 0) is 4.74 Å². The summed E-state index contributed by atoms with van der Waals surface area (Å²) in [5.41, 5.74) is 4.24. The molecule has 0 unspecified atom stereocenters. The maximum atomic E-state index is 13.3. The molecule has 33 heavy (non-hydrogen) atoms. The van der Waals surface area contributed by atoms with Gasteiger partial charge >= 0.3 is 0 Å². The van der Waals surface area contributed by atoms with Gasteiger partial charge in [-0.1, -0.05) is 56.3 Å². The third-order valence-corrected chi connectivity index (χ3v) is 6.38. The van der Waals surface area contributed by atoms with Crippen LogP contribution in [0, 0.1) is 0 Å². The number of carbonyl (C=O) groups excluding carboxylic acids is 1. The zero-order valence-electron chi connectivity index (χ0n) is 20.0. The summed E-state index contributed by atoms with van der Waals surface area (Å²) >= 11 is 0. The van der Waals surface area contributed by atoms with E-state index in [2.05, 4.69) is 62.2 Å². The molecule has 0 aliphatic carbocycles. The Kier molecular flexibility index (Phi) is 6.96. The number of nitrogens with one attached hydrogen (secondary N) is 1. The molecule has 1 fully saturated rings. The summed E-state index contributed by atoms with van der Waals surface area (Å²) in [6.07, 6.45) is 1.84. The van der Waals surface area contributed by atoms with E-state index >= 15 is 0 Å². The maximum absolute atomic E-state index is 13.3. The molecule has 0 radical (unpaired) electrons. The predicted octanol–water partition coefficient (Wildman–Crippen LogP) is 4.50. The quantitative estimate of drug-likeness (QED) is 0.580. The molecule has 0 atom stereocenters. The van der Waals surface area contributed by atoms with Crippen molar-refractivity contribution in [3.05, 3.63) is 71.9 Å². The van der Waals surface area contributed by atoms with Crippen LogP contribution in [0.1, 0.15) is 49.5 Å². The van der Waals surface area contributed by atoms with E-state index in [4.69, 9.17) is 9.84 Å². The van der Waals surface area contributed by atoms with Gasteiger partial charge in [0.1, 0.15) is 5.69 Å². The van der Waals surface area contributed by atoms with Crippen LogP contribution in [0.2, 0.25) is 0 Å². The van der Waals surface area contributed by atoms with Crippen molar-refractivity contribution in [2.75, 3.05) is 32.8 Å². The number of amides is 1. The van der Waals surface area contributed by atoms with Gasteiger partial charge in [-0.2, -0.15) is 5.10 Å². The Morgan fingerprint density at radius 1 is 1.06 bits per heavy atom. The zero-order valence-corrected chi connectivity index (χ0v) is 20.0. The second-order valence-electron chi connectivity index (χ2n) is 9.54. The Morgan fingerprint density at radius 3 is 2.36 bits per heavy atom. The normalized spacial score (nSPS) is 15.1. The molecule has 2 aromatic carbocycles. The molecular formula is C27H34N4O2. The monoisotopic (exact) mass is 446 g/mol.